The summed E-state index contributed by atoms with van der Waals surface area (Å²) < 4.78 is 41.3. The molecule has 1 atom stereocenters. The van der Waals surface area contributed by atoms with Crippen LogP contribution in [0.15, 0.2) is 24.3 Å². The van der Waals surface area contributed by atoms with E-state index in [0.717, 1.165) is 24.3 Å². The van der Waals surface area contributed by atoms with Crippen LogP contribution < -0.4 is 10.1 Å². The number of benzene rings is 1. The van der Waals surface area contributed by atoms with Gasteiger partial charge in [0.2, 0.25) is 0 Å². The Labute approximate surface area is 74.9 Å². The van der Waals surface area contributed by atoms with E-state index in [1.54, 1.807) is 0 Å². The quantitative estimate of drug-likeness (QED) is 0.586. The van der Waals surface area contributed by atoms with Crippen molar-refractivity contribution in [3.05, 3.63) is 30.1 Å². The van der Waals surface area contributed by atoms with Crippen molar-refractivity contribution in [2.24, 2.45) is 5.90 Å². The molecule has 71 valence electrons. The van der Waals surface area contributed by atoms with Gasteiger partial charge in [0.25, 0.3) is 0 Å². The second-order valence-electron chi connectivity index (χ2n) is 2.04. The molecule has 0 aromatic heterocycles. The Hall–Kier alpha value is -1.02. The van der Waals surface area contributed by atoms with Crippen LogP contribution in [0.3, 0.4) is 0 Å². The fourth-order valence-corrected chi connectivity index (χ4v) is 1.01. The minimum Gasteiger partial charge on any atom is -0.221 e. The molecule has 0 spiro atoms. The van der Waals surface area contributed by atoms with Gasteiger partial charge in [-0.15, -0.1) is 0 Å². The van der Waals surface area contributed by atoms with E-state index in [1.165, 1.54) is 0 Å². The van der Waals surface area contributed by atoms with E-state index in [4.69, 9.17) is 0 Å². The first kappa shape index (κ1) is 10.1. The monoisotopic (exact) mass is 207 g/mol. The first-order valence-electron chi connectivity index (χ1n) is 3.12. The molecule has 0 heterocycles. The van der Waals surface area contributed by atoms with Crippen LogP contribution in [0.1, 0.15) is 0 Å². The predicted molar refractivity (Wildman–Crippen MR) is 41.0 cm³/mol. The Kier molecular flexibility index (Phi) is 2.94. The molecule has 0 amide bonds. The van der Waals surface area contributed by atoms with Crippen molar-refractivity contribution in [3.63, 3.8) is 0 Å². The summed E-state index contributed by atoms with van der Waals surface area (Å²) in [6.45, 7) is 0. The third kappa shape index (κ3) is 3.07. The Morgan fingerprint density at radius 2 is 1.85 bits per heavy atom. The Morgan fingerprint density at radius 1 is 1.31 bits per heavy atom. The second-order valence-corrected chi connectivity index (χ2v) is 3.22. The summed E-state index contributed by atoms with van der Waals surface area (Å²) >= 11 is 0. The molecule has 1 radical (unpaired) electrons. The third-order valence-corrected chi connectivity index (χ3v) is 1.76. The van der Waals surface area contributed by atoms with Gasteiger partial charge in [0.15, 0.2) is 5.75 Å². The third-order valence-electron chi connectivity index (χ3n) is 1.13. The molecular weight excluding hydrogens is 201 g/mol. The zero-order valence-electron chi connectivity index (χ0n) is 6.31. The maximum Gasteiger partial charge on any atom is 0.608 e. The first-order valence-corrected chi connectivity index (χ1v) is 4.45. The lowest BCUT2D eigenvalue weighted by Crippen LogP contribution is -2.22. The van der Waals surface area contributed by atoms with Crippen LogP contribution in [0, 0.1) is 5.82 Å². The summed E-state index contributed by atoms with van der Waals surface area (Å²) in [5.74, 6) is 3.82. The fraction of sp³-hybridized carbons (Fsp3) is 0. The number of hydrogen-bond acceptors (Lipinski definition) is 4. The van der Waals surface area contributed by atoms with E-state index in [1.807, 2.05) is 0 Å². The number of rotatable bonds is 3. The normalized spacial score (nSPS) is 15.0. The molecule has 1 aromatic rings. The van der Waals surface area contributed by atoms with Gasteiger partial charge in [-0.3, -0.25) is 0 Å². The van der Waals surface area contributed by atoms with Gasteiger partial charge in [0, 0.05) is 4.21 Å². The summed E-state index contributed by atoms with van der Waals surface area (Å²) in [6, 6.07) is 4.35. The van der Waals surface area contributed by atoms with Crippen LogP contribution >= 0.6 is 0 Å². The van der Waals surface area contributed by atoms with Gasteiger partial charge >= 0.3 is 10.8 Å². The average molecular weight is 207 g/mol. The smallest absolute Gasteiger partial charge is 0.221 e. The molecule has 0 aliphatic rings. The maximum atomic E-state index is 12.3. The van der Waals surface area contributed by atoms with E-state index in [9.17, 15) is 13.2 Å². The van der Waals surface area contributed by atoms with Gasteiger partial charge in [0.05, 0.1) is 0 Å². The summed E-state index contributed by atoms with van der Waals surface area (Å²) in [7, 11) is -4.23. The van der Waals surface area contributed by atoms with Crippen molar-refractivity contribution >= 4 is 10.8 Å². The molecule has 13 heavy (non-hydrogen) atoms. The van der Waals surface area contributed by atoms with Crippen LogP contribution in [-0.4, -0.2) is 0 Å². The summed E-state index contributed by atoms with van der Waals surface area (Å²) in [4.78, 5) is 0. The topological polar surface area (TPSA) is 81.5 Å². The van der Waals surface area contributed by atoms with Crippen LogP contribution in [-0.2, 0) is 23.8 Å². The van der Waals surface area contributed by atoms with E-state index in [2.05, 4.69) is 14.4 Å². The number of nitrogens with two attached hydrogens (primary N) is 1. The molecule has 0 fully saturated rings. The summed E-state index contributed by atoms with van der Waals surface area (Å²) in [5, 5.41) is 0. The molecule has 1 rings (SSSR count). The van der Waals surface area contributed by atoms with Gasteiger partial charge in [-0.2, -0.15) is 5.90 Å². The Bertz CT molecular complexity index is 328. The van der Waals surface area contributed by atoms with Crippen molar-refractivity contribution in [2.45, 2.75) is 0 Å². The zero-order valence-corrected chi connectivity index (χ0v) is 7.12. The van der Waals surface area contributed by atoms with Gasteiger partial charge in [-0.25, -0.2) is 8.57 Å². The summed E-state index contributed by atoms with van der Waals surface area (Å²) in [5.41, 5.74) is 0. The van der Waals surface area contributed by atoms with E-state index >= 15 is 0 Å². The summed E-state index contributed by atoms with van der Waals surface area (Å²) in [6.07, 6.45) is 0. The fourth-order valence-electron chi connectivity index (χ4n) is 0.628. The molecule has 0 saturated heterocycles. The molecule has 0 aliphatic carbocycles. The zero-order chi connectivity index (χ0) is 9.90. The molecule has 7 heteroatoms. The largest absolute Gasteiger partial charge is 0.608 e. The highest BCUT2D eigenvalue weighted by Crippen LogP contribution is 2.15. The molecule has 2 N–H and O–H groups in total. The van der Waals surface area contributed by atoms with E-state index in [-0.39, 0.29) is 5.75 Å². The van der Waals surface area contributed by atoms with E-state index < -0.39 is 16.6 Å². The van der Waals surface area contributed by atoms with Crippen LogP contribution in [0.2, 0.25) is 0 Å². The molecule has 0 aliphatic heterocycles. The Morgan fingerprint density at radius 3 is 2.31 bits per heavy atom. The van der Waals surface area contributed by atoms with Crippen molar-refractivity contribution in [2.75, 3.05) is 0 Å². The van der Waals surface area contributed by atoms with Gasteiger partial charge in [-0.1, -0.05) is 0 Å². The average Bonchev–Trinajstić information content (AvgIpc) is 2.09. The molecule has 0 saturated carbocycles. The van der Waals surface area contributed by atoms with Crippen molar-refractivity contribution < 1.29 is 21.6 Å². The molecule has 0 bridgehead atoms. The first-order chi connectivity index (χ1) is 6.03. The van der Waals surface area contributed by atoms with Gasteiger partial charge < -0.3 is 0 Å². The Balaban J connectivity index is 2.75. The molecular formula is C6H6FNO4S+. The van der Waals surface area contributed by atoms with Crippen LogP contribution in [0.4, 0.5) is 4.39 Å². The highest BCUT2D eigenvalue weighted by atomic mass is 32.3. The van der Waals surface area contributed by atoms with Crippen molar-refractivity contribution in [1.82, 2.24) is 0 Å². The molecule has 1 unspecified atom stereocenters. The molecule has 5 nitrogen and oxygen atoms in total. The highest BCUT2D eigenvalue weighted by Gasteiger charge is 2.34. The van der Waals surface area contributed by atoms with E-state index in [0.29, 0.717) is 0 Å². The predicted octanol–water partition coefficient (Wildman–Crippen LogP) is 0.770. The highest BCUT2D eigenvalue weighted by molar-refractivity contribution is 7.88. The lowest BCUT2D eigenvalue weighted by atomic mass is 10.3. The van der Waals surface area contributed by atoms with Crippen LogP contribution in [0.25, 0.3) is 0 Å². The number of halogens is 1. The van der Waals surface area contributed by atoms with Gasteiger partial charge in [-0.05, 0) is 28.5 Å². The standard InChI is InChI=1S/C6H6FNO4S/c7-5-1-3-6(4-2-5)11-13(9,10)12-8/h1-4H,8H2/q+1. The van der Waals surface area contributed by atoms with Crippen molar-refractivity contribution in [3.8, 4) is 5.75 Å². The van der Waals surface area contributed by atoms with Crippen molar-refractivity contribution in [1.29, 1.82) is 0 Å². The van der Waals surface area contributed by atoms with Crippen LogP contribution in [0.5, 0.6) is 5.75 Å². The maximum absolute atomic E-state index is 12.3. The lowest BCUT2D eigenvalue weighted by molar-refractivity contribution is 0.207. The SMILES string of the molecule is NO[S+]([O])(=O)Oc1ccc(F)cc1. The minimum atomic E-state index is -4.23. The number of hydrogen-bond donors (Lipinski definition) is 1. The second kappa shape index (κ2) is 3.79. The van der Waals surface area contributed by atoms with Gasteiger partial charge in [0.1, 0.15) is 10.4 Å². The molecule has 1 aromatic carbocycles. The lowest BCUT2D eigenvalue weighted by Gasteiger charge is -1.96. The minimum absolute atomic E-state index is 0.0770.